The Morgan fingerprint density at radius 3 is 2.44 bits per heavy atom. The van der Waals surface area contributed by atoms with Gasteiger partial charge in [0.25, 0.3) is 5.91 Å². The standard InChI is InChI=1S/C24H24FN3O3S/c1-26-32(30,31)23-13-19(12-22(14-23)27-15-16-5-8-20(25)9-6-16)24(29)28-21-10-7-17-3-2-4-18(17)11-21/h5-14,26-27H,2-4,15H2,1H3,(H,28,29). The lowest BCUT2D eigenvalue weighted by Gasteiger charge is -2.13. The highest BCUT2D eigenvalue weighted by molar-refractivity contribution is 7.89. The maximum atomic E-state index is 13.1. The first-order chi connectivity index (χ1) is 15.3. The molecule has 0 radical (unpaired) electrons. The van der Waals surface area contributed by atoms with Crippen molar-refractivity contribution in [3.05, 3.63) is 88.7 Å². The van der Waals surface area contributed by atoms with E-state index in [1.807, 2.05) is 18.2 Å². The normalized spacial score (nSPS) is 12.9. The quantitative estimate of drug-likeness (QED) is 0.503. The van der Waals surface area contributed by atoms with Crippen LogP contribution in [0.3, 0.4) is 0 Å². The molecular formula is C24H24FN3O3S. The largest absolute Gasteiger partial charge is 0.381 e. The second kappa shape index (κ2) is 9.10. The summed E-state index contributed by atoms with van der Waals surface area (Å²) in [7, 11) is -2.45. The monoisotopic (exact) mass is 453 g/mol. The summed E-state index contributed by atoms with van der Waals surface area (Å²) in [5.74, 6) is -0.734. The van der Waals surface area contributed by atoms with E-state index in [-0.39, 0.29) is 16.3 Å². The molecule has 1 aliphatic rings. The topological polar surface area (TPSA) is 87.3 Å². The van der Waals surface area contributed by atoms with Crippen LogP contribution in [-0.2, 0) is 29.4 Å². The van der Waals surface area contributed by atoms with E-state index in [1.54, 1.807) is 18.2 Å². The molecule has 0 heterocycles. The van der Waals surface area contributed by atoms with Gasteiger partial charge in [-0.25, -0.2) is 17.5 Å². The van der Waals surface area contributed by atoms with Gasteiger partial charge in [0.1, 0.15) is 5.82 Å². The summed E-state index contributed by atoms with van der Waals surface area (Å²) in [4.78, 5) is 12.9. The van der Waals surface area contributed by atoms with Gasteiger partial charge >= 0.3 is 0 Å². The zero-order valence-electron chi connectivity index (χ0n) is 17.6. The van der Waals surface area contributed by atoms with E-state index in [9.17, 15) is 17.6 Å². The highest BCUT2D eigenvalue weighted by Crippen LogP contribution is 2.26. The van der Waals surface area contributed by atoms with Crippen LogP contribution in [0.15, 0.2) is 65.6 Å². The summed E-state index contributed by atoms with van der Waals surface area (Å²) in [6.45, 7) is 0.342. The number of fused-ring (bicyclic) bond motifs is 1. The molecule has 1 aliphatic carbocycles. The van der Waals surface area contributed by atoms with Crippen molar-refractivity contribution in [2.75, 3.05) is 17.7 Å². The van der Waals surface area contributed by atoms with Crippen LogP contribution < -0.4 is 15.4 Å². The number of amides is 1. The highest BCUT2D eigenvalue weighted by atomic mass is 32.2. The molecule has 0 aromatic heterocycles. The first-order valence-electron chi connectivity index (χ1n) is 10.3. The number of sulfonamides is 1. The Labute approximate surface area is 186 Å². The third-order valence-electron chi connectivity index (χ3n) is 5.51. The molecule has 3 aromatic carbocycles. The first-order valence-corrected chi connectivity index (χ1v) is 11.8. The number of rotatable bonds is 7. The van der Waals surface area contributed by atoms with Crippen molar-refractivity contribution in [2.24, 2.45) is 0 Å². The average molecular weight is 454 g/mol. The van der Waals surface area contributed by atoms with Crippen molar-refractivity contribution in [1.82, 2.24) is 4.72 Å². The Bertz CT molecular complexity index is 1260. The maximum absolute atomic E-state index is 13.1. The predicted molar refractivity (Wildman–Crippen MR) is 123 cm³/mol. The molecule has 0 bridgehead atoms. The number of hydrogen-bond donors (Lipinski definition) is 3. The van der Waals surface area contributed by atoms with Gasteiger partial charge in [-0.3, -0.25) is 4.79 Å². The van der Waals surface area contributed by atoms with Gasteiger partial charge in [0, 0.05) is 23.5 Å². The maximum Gasteiger partial charge on any atom is 0.255 e. The number of benzene rings is 3. The van der Waals surface area contributed by atoms with Crippen LogP contribution in [0.2, 0.25) is 0 Å². The van der Waals surface area contributed by atoms with Crippen molar-refractivity contribution in [2.45, 2.75) is 30.7 Å². The lowest BCUT2D eigenvalue weighted by Crippen LogP contribution is -2.20. The van der Waals surface area contributed by atoms with E-state index < -0.39 is 15.9 Å². The van der Waals surface area contributed by atoms with Crippen molar-refractivity contribution >= 4 is 27.3 Å². The SMILES string of the molecule is CNS(=O)(=O)c1cc(NCc2ccc(F)cc2)cc(C(=O)Nc2ccc3c(c2)CCC3)c1. The molecule has 0 spiro atoms. The number of hydrogen-bond acceptors (Lipinski definition) is 4. The molecule has 0 unspecified atom stereocenters. The number of aryl methyl sites for hydroxylation is 2. The molecule has 0 fully saturated rings. The fourth-order valence-electron chi connectivity index (χ4n) is 3.76. The minimum Gasteiger partial charge on any atom is -0.381 e. The van der Waals surface area contributed by atoms with Crippen LogP contribution in [0, 0.1) is 5.82 Å². The van der Waals surface area contributed by atoms with Crippen LogP contribution in [0.4, 0.5) is 15.8 Å². The van der Waals surface area contributed by atoms with Crippen molar-refractivity contribution in [3.8, 4) is 0 Å². The molecule has 0 saturated heterocycles. The van der Waals surface area contributed by atoms with Crippen LogP contribution >= 0.6 is 0 Å². The van der Waals surface area contributed by atoms with E-state index in [0.29, 0.717) is 17.9 Å². The molecule has 6 nitrogen and oxygen atoms in total. The summed E-state index contributed by atoms with van der Waals surface area (Å²) in [6, 6.07) is 16.3. The molecule has 3 aromatic rings. The Morgan fingerprint density at radius 2 is 1.69 bits per heavy atom. The van der Waals surface area contributed by atoms with Gasteiger partial charge in [-0.05, 0) is 85.5 Å². The van der Waals surface area contributed by atoms with Crippen LogP contribution in [-0.4, -0.2) is 21.4 Å². The minimum absolute atomic E-state index is 0.0248. The van der Waals surface area contributed by atoms with Gasteiger partial charge in [-0.1, -0.05) is 18.2 Å². The first kappa shape index (κ1) is 22.0. The number of carbonyl (C=O) groups excluding carboxylic acids is 1. The van der Waals surface area contributed by atoms with E-state index in [0.717, 1.165) is 24.8 Å². The highest BCUT2D eigenvalue weighted by Gasteiger charge is 2.18. The fourth-order valence-corrected chi connectivity index (χ4v) is 4.56. The van der Waals surface area contributed by atoms with Gasteiger partial charge in [-0.2, -0.15) is 0 Å². The summed E-state index contributed by atoms with van der Waals surface area (Å²) in [5, 5.41) is 5.98. The van der Waals surface area contributed by atoms with Gasteiger partial charge in [0.2, 0.25) is 10.0 Å². The summed E-state index contributed by atoms with van der Waals surface area (Å²) >= 11 is 0. The van der Waals surface area contributed by atoms with E-state index in [1.165, 1.54) is 42.4 Å². The van der Waals surface area contributed by atoms with Crippen molar-refractivity contribution < 1.29 is 17.6 Å². The van der Waals surface area contributed by atoms with E-state index in [2.05, 4.69) is 15.4 Å². The third kappa shape index (κ3) is 4.98. The number of halogens is 1. The third-order valence-corrected chi connectivity index (χ3v) is 6.91. The van der Waals surface area contributed by atoms with Crippen LogP contribution in [0.1, 0.15) is 33.5 Å². The minimum atomic E-state index is -3.77. The Morgan fingerprint density at radius 1 is 0.938 bits per heavy atom. The Kier molecular flexibility index (Phi) is 6.25. The van der Waals surface area contributed by atoms with Gasteiger partial charge in [0.15, 0.2) is 0 Å². The molecule has 0 saturated carbocycles. The second-order valence-corrected chi connectivity index (χ2v) is 9.61. The van der Waals surface area contributed by atoms with Gasteiger partial charge in [-0.15, -0.1) is 0 Å². The number of anilines is 2. The molecular weight excluding hydrogens is 429 g/mol. The molecule has 1 amide bonds. The number of nitrogens with one attached hydrogen (secondary N) is 3. The molecule has 32 heavy (non-hydrogen) atoms. The summed E-state index contributed by atoms with van der Waals surface area (Å²) < 4.78 is 40.2. The van der Waals surface area contributed by atoms with E-state index in [4.69, 9.17) is 0 Å². The molecule has 0 aliphatic heterocycles. The van der Waals surface area contributed by atoms with Crippen LogP contribution in [0.5, 0.6) is 0 Å². The molecule has 0 atom stereocenters. The summed E-state index contributed by atoms with van der Waals surface area (Å²) in [6.07, 6.45) is 3.16. The van der Waals surface area contributed by atoms with Gasteiger partial charge < -0.3 is 10.6 Å². The zero-order valence-corrected chi connectivity index (χ0v) is 18.4. The number of carbonyl (C=O) groups is 1. The molecule has 3 N–H and O–H groups in total. The fraction of sp³-hybridized carbons (Fsp3) is 0.208. The average Bonchev–Trinajstić information content (AvgIpc) is 3.26. The van der Waals surface area contributed by atoms with Crippen molar-refractivity contribution in [1.29, 1.82) is 0 Å². The lowest BCUT2D eigenvalue weighted by atomic mass is 10.1. The molecule has 166 valence electrons. The smallest absolute Gasteiger partial charge is 0.255 e. The lowest BCUT2D eigenvalue weighted by molar-refractivity contribution is 0.102. The molecule has 8 heteroatoms. The van der Waals surface area contributed by atoms with Crippen LogP contribution in [0.25, 0.3) is 0 Å². The summed E-state index contributed by atoms with van der Waals surface area (Å²) in [5.41, 5.74) is 4.71. The van der Waals surface area contributed by atoms with Crippen molar-refractivity contribution in [3.63, 3.8) is 0 Å². The second-order valence-electron chi connectivity index (χ2n) is 7.72. The molecule has 4 rings (SSSR count). The Balaban J connectivity index is 1.59. The van der Waals surface area contributed by atoms with E-state index >= 15 is 0 Å². The predicted octanol–water partition coefficient (Wildman–Crippen LogP) is 4.09. The van der Waals surface area contributed by atoms with Gasteiger partial charge in [0.05, 0.1) is 4.90 Å². The zero-order chi connectivity index (χ0) is 22.7. The Hall–Kier alpha value is -3.23.